The van der Waals surface area contributed by atoms with Gasteiger partial charge in [-0.2, -0.15) is 0 Å². The fourth-order valence-electron chi connectivity index (χ4n) is 3.01. The second-order valence-corrected chi connectivity index (χ2v) is 6.09. The van der Waals surface area contributed by atoms with E-state index in [2.05, 4.69) is 10.6 Å². The van der Waals surface area contributed by atoms with Crippen LogP contribution in [0.1, 0.15) is 33.1 Å². The summed E-state index contributed by atoms with van der Waals surface area (Å²) in [5.41, 5.74) is -0.444. The second-order valence-electron chi connectivity index (χ2n) is 6.09. The number of rotatable bonds is 3. The molecule has 2 rings (SSSR count). The Bertz CT molecular complexity index is 427. The Kier molecular flexibility index (Phi) is 4.13. The standard InChI is InChI=1S/C14H23N3O3/c1-9(2)14(6-7-15-8-14)13(20)16-10-4-5-11(18)17(3)12(10)19/h9-10,15H,4-8H2,1-3H3,(H,16,20). The number of carbonyl (C=O) groups excluding carboxylic acids is 3. The average molecular weight is 281 g/mol. The lowest BCUT2D eigenvalue weighted by Gasteiger charge is -2.35. The number of amides is 3. The molecule has 6 heteroatoms. The van der Waals surface area contributed by atoms with Crippen molar-refractivity contribution < 1.29 is 14.4 Å². The number of carbonyl (C=O) groups is 3. The lowest BCUT2D eigenvalue weighted by Crippen LogP contribution is -2.57. The number of likely N-dealkylation sites (N-methyl/N-ethyl adjacent to an activating group) is 1. The van der Waals surface area contributed by atoms with Gasteiger partial charge in [-0.25, -0.2) is 0 Å². The topological polar surface area (TPSA) is 78.5 Å². The summed E-state index contributed by atoms with van der Waals surface area (Å²) in [6.07, 6.45) is 1.49. The van der Waals surface area contributed by atoms with Gasteiger partial charge < -0.3 is 10.6 Å². The van der Waals surface area contributed by atoms with E-state index >= 15 is 0 Å². The maximum absolute atomic E-state index is 12.6. The minimum absolute atomic E-state index is 0.0707. The summed E-state index contributed by atoms with van der Waals surface area (Å²) >= 11 is 0. The third kappa shape index (κ3) is 2.44. The van der Waals surface area contributed by atoms with Crippen LogP contribution in [0.2, 0.25) is 0 Å². The molecule has 6 nitrogen and oxygen atoms in total. The Hall–Kier alpha value is -1.43. The van der Waals surface area contributed by atoms with E-state index < -0.39 is 11.5 Å². The maximum atomic E-state index is 12.6. The molecular formula is C14H23N3O3. The van der Waals surface area contributed by atoms with E-state index in [4.69, 9.17) is 0 Å². The summed E-state index contributed by atoms with van der Waals surface area (Å²) in [5, 5.41) is 6.09. The number of nitrogens with zero attached hydrogens (tertiary/aromatic N) is 1. The first kappa shape index (κ1) is 15.0. The van der Waals surface area contributed by atoms with Gasteiger partial charge in [-0.1, -0.05) is 13.8 Å². The average Bonchev–Trinajstić information content (AvgIpc) is 2.90. The minimum atomic E-state index is -0.568. The fraction of sp³-hybridized carbons (Fsp3) is 0.786. The van der Waals surface area contributed by atoms with Gasteiger partial charge in [0.25, 0.3) is 5.91 Å². The third-order valence-electron chi connectivity index (χ3n) is 4.70. The summed E-state index contributed by atoms with van der Waals surface area (Å²) < 4.78 is 0. The highest BCUT2D eigenvalue weighted by atomic mass is 16.2. The zero-order chi connectivity index (χ0) is 14.9. The Balaban J connectivity index is 2.07. The lowest BCUT2D eigenvalue weighted by molar-refractivity contribution is -0.150. The number of nitrogens with one attached hydrogen (secondary N) is 2. The number of hydrogen-bond donors (Lipinski definition) is 2. The molecule has 2 atom stereocenters. The molecule has 2 fully saturated rings. The molecular weight excluding hydrogens is 258 g/mol. The number of piperidine rings is 1. The Morgan fingerprint density at radius 1 is 1.45 bits per heavy atom. The molecule has 2 unspecified atom stereocenters. The second kappa shape index (κ2) is 5.52. The van der Waals surface area contributed by atoms with Gasteiger partial charge in [0.05, 0.1) is 5.41 Å². The van der Waals surface area contributed by atoms with Gasteiger partial charge in [-0.3, -0.25) is 19.3 Å². The van der Waals surface area contributed by atoms with Gasteiger partial charge in [0, 0.05) is 20.0 Å². The van der Waals surface area contributed by atoms with Crippen LogP contribution in [0.5, 0.6) is 0 Å². The van der Waals surface area contributed by atoms with E-state index in [0.717, 1.165) is 17.9 Å². The summed E-state index contributed by atoms with van der Waals surface area (Å²) in [4.78, 5) is 37.2. The van der Waals surface area contributed by atoms with Crippen molar-refractivity contribution in [2.45, 2.75) is 39.2 Å². The molecule has 2 heterocycles. The molecule has 0 aliphatic carbocycles. The predicted molar refractivity (Wildman–Crippen MR) is 73.7 cm³/mol. The molecule has 0 bridgehead atoms. The number of imide groups is 1. The van der Waals surface area contributed by atoms with Crippen LogP contribution in [0.15, 0.2) is 0 Å². The summed E-state index contributed by atoms with van der Waals surface area (Å²) in [6, 6.07) is -0.568. The van der Waals surface area contributed by atoms with Gasteiger partial charge in [-0.05, 0) is 25.3 Å². The van der Waals surface area contributed by atoms with Crippen LogP contribution < -0.4 is 10.6 Å². The molecule has 0 aromatic heterocycles. The molecule has 20 heavy (non-hydrogen) atoms. The highest BCUT2D eigenvalue weighted by Gasteiger charge is 2.45. The van der Waals surface area contributed by atoms with Gasteiger partial charge in [0.1, 0.15) is 6.04 Å². The van der Waals surface area contributed by atoms with Crippen molar-refractivity contribution in [1.82, 2.24) is 15.5 Å². The van der Waals surface area contributed by atoms with Gasteiger partial charge in [0.15, 0.2) is 0 Å². The van der Waals surface area contributed by atoms with Gasteiger partial charge >= 0.3 is 0 Å². The van der Waals surface area contributed by atoms with Crippen LogP contribution >= 0.6 is 0 Å². The molecule has 0 saturated carbocycles. The van der Waals surface area contributed by atoms with Crippen LogP contribution in [-0.2, 0) is 14.4 Å². The van der Waals surface area contributed by atoms with Crippen LogP contribution in [0, 0.1) is 11.3 Å². The van der Waals surface area contributed by atoms with Crippen molar-refractivity contribution in [2.24, 2.45) is 11.3 Å². The lowest BCUT2D eigenvalue weighted by atomic mass is 9.75. The normalized spacial score (nSPS) is 31.0. The van der Waals surface area contributed by atoms with Gasteiger partial charge in [-0.15, -0.1) is 0 Å². The predicted octanol–water partition coefficient (Wildman–Crippen LogP) is -0.114. The highest BCUT2D eigenvalue weighted by Crippen LogP contribution is 2.34. The smallest absolute Gasteiger partial charge is 0.251 e. The first-order chi connectivity index (χ1) is 9.38. The van der Waals surface area contributed by atoms with Crippen molar-refractivity contribution in [1.29, 1.82) is 0 Å². The molecule has 3 amide bonds. The minimum Gasteiger partial charge on any atom is -0.344 e. The van der Waals surface area contributed by atoms with Gasteiger partial charge in [0.2, 0.25) is 11.8 Å². The van der Waals surface area contributed by atoms with Crippen LogP contribution in [0.3, 0.4) is 0 Å². The molecule has 2 N–H and O–H groups in total. The fourth-order valence-corrected chi connectivity index (χ4v) is 3.01. The van der Waals surface area contributed by atoms with Crippen LogP contribution in [-0.4, -0.2) is 48.8 Å². The molecule has 2 aliphatic rings. The third-order valence-corrected chi connectivity index (χ3v) is 4.70. The quantitative estimate of drug-likeness (QED) is 0.707. The van der Waals surface area contributed by atoms with E-state index in [0.29, 0.717) is 19.4 Å². The largest absolute Gasteiger partial charge is 0.344 e. The highest BCUT2D eigenvalue weighted by molar-refractivity contribution is 6.01. The van der Waals surface area contributed by atoms with Crippen molar-refractivity contribution in [3.63, 3.8) is 0 Å². The zero-order valence-corrected chi connectivity index (χ0v) is 12.4. The maximum Gasteiger partial charge on any atom is 0.251 e. The first-order valence-electron chi connectivity index (χ1n) is 7.20. The van der Waals surface area contributed by atoms with Crippen molar-refractivity contribution in [3.8, 4) is 0 Å². The van der Waals surface area contributed by atoms with Crippen molar-refractivity contribution >= 4 is 17.7 Å². The van der Waals surface area contributed by atoms with E-state index in [1.54, 1.807) is 0 Å². The Morgan fingerprint density at radius 3 is 2.70 bits per heavy atom. The summed E-state index contributed by atoms with van der Waals surface area (Å²) in [7, 11) is 1.47. The number of hydrogen-bond acceptors (Lipinski definition) is 4. The molecule has 0 spiro atoms. The zero-order valence-electron chi connectivity index (χ0n) is 12.4. The molecule has 2 aliphatic heterocycles. The van der Waals surface area contributed by atoms with E-state index in [9.17, 15) is 14.4 Å². The van der Waals surface area contributed by atoms with Crippen LogP contribution in [0.25, 0.3) is 0 Å². The molecule has 0 radical (unpaired) electrons. The summed E-state index contributed by atoms with van der Waals surface area (Å²) in [5.74, 6) is -0.352. The Labute approximate surface area is 119 Å². The molecule has 112 valence electrons. The molecule has 0 aromatic carbocycles. The first-order valence-corrected chi connectivity index (χ1v) is 7.20. The van der Waals surface area contributed by atoms with E-state index in [-0.39, 0.29) is 23.6 Å². The van der Waals surface area contributed by atoms with Crippen molar-refractivity contribution in [2.75, 3.05) is 20.1 Å². The van der Waals surface area contributed by atoms with Crippen LogP contribution in [0.4, 0.5) is 0 Å². The Morgan fingerprint density at radius 2 is 2.15 bits per heavy atom. The SMILES string of the molecule is CC(C)C1(C(=O)NC2CCC(=O)N(C)C2=O)CCNC1. The number of likely N-dealkylation sites (tertiary alicyclic amines) is 1. The molecule has 2 saturated heterocycles. The summed E-state index contributed by atoms with van der Waals surface area (Å²) in [6.45, 7) is 5.53. The van der Waals surface area contributed by atoms with Crippen molar-refractivity contribution in [3.05, 3.63) is 0 Å². The van der Waals surface area contributed by atoms with E-state index in [1.807, 2.05) is 13.8 Å². The monoisotopic (exact) mass is 281 g/mol. The molecule has 0 aromatic rings. The van der Waals surface area contributed by atoms with E-state index in [1.165, 1.54) is 7.05 Å².